The van der Waals surface area contributed by atoms with Gasteiger partial charge in [0, 0.05) is 23.4 Å². The number of carbonyl (C=O) groups excluding carboxylic acids is 1. The first-order chi connectivity index (χ1) is 10.5. The van der Waals surface area contributed by atoms with Gasteiger partial charge in [-0.3, -0.25) is 4.79 Å². The zero-order chi connectivity index (χ0) is 16.7. The van der Waals surface area contributed by atoms with Crippen LogP contribution in [-0.4, -0.2) is 18.0 Å². The fourth-order valence-electron chi connectivity index (χ4n) is 2.22. The molecule has 0 saturated heterocycles. The van der Waals surface area contributed by atoms with Gasteiger partial charge in [0.05, 0.1) is 7.11 Å². The summed E-state index contributed by atoms with van der Waals surface area (Å²) in [5, 5.41) is 2.67. The van der Waals surface area contributed by atoms with Crippen LogP contribution in [0.15, 0.2) is 48.3 Å². The van der Waals surface area contributed by atoms with Gasteiger partial charge in [-0.1, -0.05) is 26.5 Å². The highest BCUT2D eigenvalue weighted by atomic mass is 16.5. The second-order valence-electron chi connectivity index (χ2n) is 5.18. The Labute approximate surface area is 132 Å². The lowest BCUT2D eigenvalue weighted by Crippen LogP contribution is -2.23. The molecule has 1 heterocycles. The van der Waals surface area contributed by atoms with Crippen molar-refractivity contribution in [1.29, 1.82) is 0 Å². The van der Waals surface area contributed by atoms with Crippen LogP contribution in [0.5, 0.6) is 5.88 Å². The van der Waals surface area contributed by atoms with E-state index in [0.717, 1.165) is 16.7 Å². The van der Waals surface area contributed by atoms with Gasteiger partial charge in [0.2, 0.25) is 5.88 Å². The Kier molecular flexibility index (Phi) is 6.57. The third-order valence-electron chi connectivity index (χ3n) is 3.39. The average molecular weight is 300 g/mol. The number of allylic oxidation sites excluding steroid dienone is 3. The molecule has 1 aromatic rings. The molecular weight excluding hydrogens is 276 g/mol. The summed E-state index contributed by atoms with van der Waals surface area (Å²) in [4.78, 5) is 16.7. The zero-order valence-electron chi connectivity index (χ0n) is 13.9. The molecule has 1 aromatic heterocycles. The van der Waals surface area contributed by atoms with E-state index in [0.29, 0.717) is 11.5 Å². The van der Waals surface area contributed by atoms with Crippen molar-refractivity contribution in [2.24, 2.45) is 5.92 Å². The fraction of sp³-hybridized carbons (Fsp3) is 0.333. The van der Waals surface area contributed by atoms with Crippen LogP contribution in [0, 0.1) is 5.92 Å². The van der Waals surface area contributed by atoms with E-state index in [1.807, 2.05) is 39.8 Å². The molecule has 118 valence electrons. The lowest BCUT2D eigenvalue weighted by molar-refractivity contribution is -0.116. The quantitative estimate of drug-likeness (QED) is 0.643. The summed E-state index contributed by atoms with van der Waals surface area (Å²) in [6, 6.07) is 3.71. The van der Waals surface area contributed by atoms with Crippen LogP contribution in [0.3, 0.4) is 0 Å². The Hall–Kier alpha value is -2.36. The van der Waals surface area contributed by atoms with Crippen LogP contribution in [0.1, 0.15) is 33.3 Å². The maximum Gasteiger partial charge on any atom is 0.251 e. The highest BCUT2D eigenvalue weighted by molar-refractivity contribution is 6.05. The second-order valence-corrected chi connectivity index (χ2v) is 5.18. The third kappa shape index (κ3) is 4.07. The number of methoxy groups -OCH3 is 1. The van der Waals surface area contributed by atoms with Crippen molar-refractivity contribution in [2.75, 3.05) is 7.11 Å². The molecule has 4 nitrogen and oxygen atoms in total. The second kappa shape index (κ2) is 8.17. The maximum absolute atomic E-state index is 12.4. The Bertz CT molecular complexity index is 596. The lowest BCUT2D eigenvalue weighted by Gasteiger charge is -2.18. The molecule has 0 bridgehead atoms. The van der Waals surface area contributed by atoms with Crippen LogP contribution >= 0.6 is 0 Å². The molecule has 0 atom stereocenters. The number of nitrogens with one attached hydrogen (secondary N) is 1. The molecule has 1 amide bonds. The lowest BCUT2D eigenvalue weighted by atomic mass is 9.88. The minimum atomic E-state index is -0.142. The van der Waals surface area contributed by atoms with E-state index in [4.69, 9.17) is 4.74 Å². The molecule has 0 spiro atoms. The van der Waals surface area contributed by atoms with Crippen molar-refractivity contribution in [3.63, 3.8) is 0 Å². The topological polar surface area (TPSA) is 51.2 Å². The van der Waals surface area contributed by atoms with Gasteiger partial charge in [0.15, 0.2) is 0 Å². The molecule has 1 N–H and O–H groups in total. The standard InChI is InChI=1S/C18H24N2O2/c1-7-13(5)17(14-9-10-15(22-6)20-11-14)16(12(3)4)18(21)19-8-2/h7-12H,2H2,1,3-6H3,(H,19,21)/b13-7?,17-16-. The smallest absolute Gasteiger partial charge is 0.251 e. The molecule has 0 radical (unpaired) electrons. The average Bonchev–Trinajstić information content (AvgIpc) is 2.51. The number of carbonyl (C=O) groups is 1. The number of rotatable bonds is 6. The summed E-state index contributed by atoms with van der Waals surface area (Å²) < 4.78 is 5.10. The van der Waals surface area contributed by atoms with E-state index >= 15 is 0 Å². The van der Waals surface area contributed by atoms with Crippen molar-refractivity contribution in [1.82, 2.24) is 10.3 Å². The van der Waals surface area contributed by atoms with Gasteiger partial charge >= 0.3 is 0 Å². The van der Waals surface area contributed by atoms with Gasteiger partial charge in [0.1, 0.15) is 0 Å². The van der Waals surface area contributed by atoms with E-state index in [-0.39, 0.29) is 11.8 Å². The predicted molar refractivity (Wildman–Crippen MR) is 90.3 cm³/mol. The molecule has 0 aliphatic carbocycles. The molecule has 0 unspecified atom stereocenters. The maximum atomic E-state index is 12.4. The van der Waals surface area contributed by atoms with E-state index in [1.165, 1.54) is 6.20 Å². The van der Waals surface area contributed by atoms with Gasteiger partial charge in [-0.15, -0.1) is 0 Å². The first kappa shape index (κ1) is 17.7. The summed E-state index contributed by atoms with van der Waals surface area (Å²) in [5.74, 6) is 0.465. The van der Waals surface area contributed by atoms with Crippen LogP contribution in [0.4, 0.5) is 0 Å². The molecule has 4 heteroatoms. The Balaban J connectivity index is 3.56. The van der Waals surface area contributed by atoms with Gasteiger partial charge in [-0.2, -0.15) is 0 Å². The number of hydrogen-bond acceptors (Lipinski definition) is 3. The molecule has 0 aliphatic rings. The number of aromatic nitrogens is 1. The molecule has 0 saturated carbocycles. The summed E-state index contributed by atoms with van der Waals surface area (Å²) in [6.45, 7) is 11.5. The molecule has 0 aliphatic heterocycles. The van der Waals surface area contributed by atoms with E-state index < -0.39 is 0 Å². The first-order valence-corrected chi connectivity index (χ1v) is 7.25. The van der Waals surface area contributed by atoms with Crippen molar-refractivity contribution < 1.29 is 9.53 Å². The minimum absolute atomic E-state index is 0.0620. The molecule has 1 rings (SSSR count). The van der Waals surface area contributed by atoms with Crippen molar-refractivity contribution in [2.45, 2.75) is 27.7 Å². The van der Waals surface area contributed by atoms with E-state index in [2.05, 4.69) is 16.9 Å². The van der Waals surface area contributed by atoms with E-state index in [9.17, 15) is 4.79 Å². The highest BCUT2D eigenvalue weighted by Gasteiger charge is 2.20. The Morgan fingerprint density at radius 1 is 1.41 bits per heavy atom. The van der Waals surface area contributed by atoms with Crippen molar-refractivity contribution in [3.8, 4) is 5.88 Å². The largest absolute Gasteiger partial charge is 0.481 e. The van der Waals surface area contributed by atoms with Gasteiger partial charge in [0.25, 0.3) is 5.91 Å². The molecule has 22 heavy (non-hydrogen) atoms. The fourth-order valence-corrected chi connectivity index (χ4v) is 2.22. The van der Waals surface area contributed by atoms with Crippen LogP contribution in [-0.2, 0) is 4.79 Å². The summed E-state index contributed by atoms with van der Waals surface area (Å²) in [7, 11) is 1.58. The number of nitrogens with zero attached hydrogens (tertiary/aromatic N) is 1. The van der Waals surface area contributed by atoms with Crippen LogP contribution in [0.25, 0.3) is 5.57 Å². The van der Waals surface area contributed by atoms with Gasteiger partial charge in [-0.05, 0) is 43.2 Å². The van der Waals surface area contributed by atoms with Gasteiger partial charge in [-0.25, -0.2) is 4.98 Å². The van der Waals surface area contributed by atoms with Crippen LogP contribution in [0.2, 0.25) is 0 Å². The first-order valence-electron chi connectivity index (χ1n) is 7.25. The van der Waals surface area contributed by atoms with Crippen molar-refractivity contribution in [3.05, 3.63) is 53.9 Å². The molecule has 0 fully saturated rings. The highest BCUT2D eigenvalue weighted by Crippen LogP contribution is 2.30. The molecular formula is C18H24N2O2. The monoisotopic (exact) mass is 300 g/mol. The van der Waals surface area contributed by atoms with Crippen LogP contribution < -0.4 is 10.1 Å². The number of amides is 1. The summed E-state index contributed by atoms with van der Waals surface area (Å²) in [5.41, 5.74) is 3.52. The minimum Gasteiger partial charge on any atom is -0.481 e. The summed E-state index contributed by atoms with van der Waals surface area (Å²) >= 11 is 0. The third-order valence-corrected chi connectivity index (χ3v) is 3.39. The Morgan fingerprint density at radius 3 is 2.50 bits per heavy atom. The number of ether oxygens (including phenoxy) is 1. The predicted octanol–water partition coefficient (Wildman–Crippen LogP) is 3.73. The summed E-state index contributed by atoms with van der Waals surface area (Å²) in [6.07, 6.45) is 5.12. The normalized spacial score (nSPS) is 12.7. The Morgan fingerprint density at radius 2 is 2.09 bits per heavy atom. The SMILES string of the molecule is C=CNC(=O)/C(=C(/C(C)=CC)c1ccc(OC)nc1)C(C)C. The molecule has 0 aromatic carbocycles. The van der Waals surface area contributed by atoms with Gasteiger partial charge < -0.3 is 10.1 Å². The van der Waals surface area contributed by atoms with Crippen molar-refractivity contribution >= 4 is 11.5 Å². The number of pyridine rings is 1. The van der Waals surface area contributed by atoms with E-state index in [1.54, 1.807) is 19.4 Å². The number of hydrogen-bond donors (Lipinski definition) is 1. The zero-order valence-corrected chi connectivity index (χ0v) is 13.9.